The summed E-state index contributed by atoms with van der Waals surface area (Å²) in [5, 5.41) is 5.88. The minimum Gasteiger partial charge on any atom is -0.497 e. The Morgan fingerprint density at radius 1 is 1.00 bits per heavy atom. The van der Waals surface area contributed by atoms with Crippen LogP contribution in [0, 0.1) is 0 Å². The van der Waals surface area contributed by atoms with Crippen molar-refractivity contribution in [1.29, 1.82) is 0 Å². The average Bonchev–Trinajstić information content (AvgIpc) is 3.00. The van der Waals surface area contributed by atoms with Gasteiger partial charge in [0.2, 0.25) is 5.91 Å². The molecule has 0 aromatic heterocycles. The Morgan fingerprint density at radius 2 is 1.77 bits per heavy atom. The van der Waals surface area contributed by atoms with Crippen LogP contribution in [0.15, 0.2) is 24.3 Å². The number of hydrogen-bond acceptors (Lipinski definition) is 4. The summed E-state index contributed by atoms with van der Waals surface area (Å²) in [5.41, 5.74) is 1.25. The van der Waals surface area contributed by atoms with Gasteiger partial charge in [-0.05, 0) is 37.0 Å². The van der Waals surface area contributed by atoms with Crippen LogP contribution in [0.25, 0.3) is 0 Å². The zero-order valence-corrected chi connectivity index (χ0v) is 18.2. The molecule has 1 aromatic rings. The Morgan fingerprint density at radius 3 is 2.50 bits per heavy atom. The van der Waals surface area contributed by atoms with Crippen molar-refractivity contribution in [2.75, 3.05) is 39.8 Å². The second-order valence-electron chi connectivity index (χ2n) is 8.34. The van der Waals surface area contributed by atoms with Gasteiger partial charge in [-0.2, -0.15) is 0 Å². The molecular formula is C23H36N4O3. The number of carbonyl (C=O) groups is 2. The predicted octanol–water partition coefficient (Wildman–Crippen LogP) is 2.75. The molecule has 7 nitrogen and oxygen atoms in total. The summed E-state index contributed by atoms with van der Waals surface area (Å²) in [4.78, 5) is 28.9. The van der Waals surface area contributed by atoms with E-state index in [1.807, 2.05) is 17.0 Å². The highest BCUT2D eigenvalue weighted by atomic mass is 16.5. The molecule has 1 saturated carbocycles. The van der Waals surface area contributed by atoms with Gasteiger partial charge in [-0.1, -0.05) is 31.4 Å². The summed E-state index contributed by atoms with van der Waals surface area (Å²) in [7, 11) is 1.67. The molecule has 0 unspecified atom stereocenters. The van der Waals surface area contributed by atoms with E-state index >= 15 is 0 Å². The Balaban J connectivity index is 1.34. The lowest BCUT2D eigenvalue weighted by molar-refractivity contribution is -0.130. The molecule has 2 aliphatic rings. The van der Waals surface area contributed by atoms with E-state index in [1.54, 1.807) is 7.11 Å². The smallest absolute Gasteiger partial charge is 0.315 e. The molecule has 166 valence electrons. The lowest BCUT2D eigenvalue weighted by Gasteiger charge is -2.23. The topological polar surface area (TPSA) is 73.9 Å². The normalized spacial score (nSPS) is 18.5. The Labute approximate surface area is 180 Å². The van der Waals surface area contributed by atoms with Gasteiger partial charge in [0.25, 0.3) is 0 Å². The van der Waals surface area contributed by atoms with E-state index in [4.69, 9.17) is 4.74 Å². The SMILES string of the molecule is COc1ccc(CN2CCCN(C(=O)CCNC(=O)NC3CCCCC3)CC2)cc1. The fourth-order valence-electron chi connectivity index (χ4n) is 4.29. The average molecular weight is 417 g/mol. The third-order valence-electron chi connectivity index (χ3n) is 6.07. The summed E-state index contributed by atoms with van der Waals surface area (Å²) in [6.45, 7) is 4.65. The molecule has 1 aliphatic carbocycles. The van der Waals surface area contributed by atoms with Crippen molar-refractivity contribution in [3.8, 4) is 5.75 Å². The van der Waals surface area contributed by atoms with Gasteiger partial charge in [0.05, 0.1) is 7.11 Å². The third kappa shape index (κ3) is 7.20. The summed E-state index contributed by atoms with van der Waals surface area (Å²) < 4.78 is 5.22. The van der Waals surface area contributed by atoms with Crippen molar-refractivity contribution >= 4 is 11.9 Å². The van der Waals surface area contributed by atoms with Gasteiger partial charge >= 0.3 is 6.03 Å². The number of methoxy groups -OCH3 is 1. The number of hydrogen-bond donors (Lipinski definition) is 2. The molecule has 7 heteroatoms. The van der Waals surface area contributed by atoms with Gasteiger partial charge in [-0.25, -0.2) is 4.79 Å². The molecule has 0 spiro atoms. The largest absolute Gasteiger partial charge is 0.497 e. The summed E-state index contributed by atoms with van der Waals surface area (Å²) in [6, 6.07) is 8.31. The molecule has 0 bridgehead atoms. The molecule has 2 fully saturated rings. The van der Waals surface area contributed by atoms with E-state index in [-0.39, 0.29) is 18.0 Å². The van der Waals surface area contributed by atoms with Crippen LogP contribution in [0.3, 0.4) is 0 Å². The molecule has 0 atom stereocenters. The Bertz CT molecular complexity index is 674. The first-order valence-corrected chi connectivity index (χ1v) is 11.3. The zero-order valence-electron chi connectivity index (χ0n) is 18.2. The van der Waals surface area contributed by atoms with Gasteiger partial charge in [-0.15, -0.1) is 0 Å². The molecular weight excluding hydrogens is 380 g/mol. The van der Waals surface area contributed by atoms with E-state index in [1.165, 1.54) is 24.8 Å². The highest BCUT2D eigenvalue weighted by molar-refractivity contribution is 5.78. The zero-order chi connectivity index (χ0) is 21.2. The van der Waals surface area contributed by atoms with Crippen molar-refractivity contribution in [1.82, 2.24) is 20.4 Å². The molecule has 3 amide bonds. The highest BCUT2D eigenvalue weighted by Crippen LogP contribution is 2.17. The fourth-order valence-corrected chi connectivity index (χ4v) is 4.29. The first kappa shape index (κ1) is 22.4. The second-order valence-corrected chi connectivity index (χ2v) is 8.34. The quantitative estimate of drug-likeness (QED) is 0.717. The number of carbonyl (C=O) groups excluding carboxylic acids is 2. The molecule has 1 aromatic carbocycles. The van der Waals surface area contributed by atoms with E-state index in [0.717, 1.165) is 57.7 Å². The number of urea groups is 1. The molecule has 1 aliphatic heterocycles. The number of nitrogens with zero attached hydrogens (tertiary/aromatic N) is 2. The van der Waals surface area contributed by atoms with Crippen molar-refractivity contribution in [2.45, 2.75) is 57.5 Å². The van der Waals surface area contributed by atoms with E-state index in [2.05, 4.69) is 27.7 Å². The standard InChI is InChI=1S/C23H36N4O3/c1-30-21-10-8-19(9-11-21)18-26-14-5-15-27(17-16-26)22(28)12-13-24-23(29)25-20-6-3-2-4-7-20/h8-11,20H,2-7,12-18H2,1H3,(H2,24,25,29). The van der Waals surface area contributed by atoms with Crippen LogP contribution in [0.2, 0.25) is 0 Å². The molecule has 1 heterocycles. The van der Waals surface area contributed by atoms with Gasteiger partial charge in [0, 0.05) is 51.7 Å². The van der Waals surface area contributed by atoms with Gasteiger partial charge < -0.3 is 20.3 Å². The van der Waals surface area contributed by atoms with Crippen LogP contribution in [0.5, 0.6) is 5.75 Å². The number of amides is 3. The number of nitrogens with one attached hydrogen (secondary N) is 2. The predicted molar refractivity (Wildman–Crippen MR) is 117 cm³/mol. The van der Waals surface area contributed by atoms with Gasteiger partial charge in [0.15, 0.2) is 0 Å². The summed E-state index contributed by atoms with van der Waals surface area (Å²) >= 11 is 0. The third-order valence-corrected chi connectivity index (χ3v) is 6.07. The van der Waals surface area contributed by atoms with E-state index < -0.39 is 0 Å². The van der Waals surface area contributed by atoms with Crippen LogP contribution in [0.1, 0.15) is 50.5 Å². The van der Waals surface area contributed by atoms with Crippen LogP contribution in [-0.2, 0) is 11.3 Å². The maximum atomic E-state index is 12.6. The second kappa shape index (κ2) is 11.8. The van der Waals surface area contributed by atoms with E-state index in [9.17, 15) is 9.59 Å². The lowest BCUT2D eigenvalue weighted by Crippen LogP contribution is -2.44. The highest BCUT2D eigenvalue weighted by Gasteiger charge is 2.20. The van der Waals surface area contributed by atoms with Crippen LogP contribution in [-0.4, -0.2) is 67.6 Å². The van der Waals surface area contributed by atoms with Gasteiger partial charge in [0.1, 0.15) is 5.75 Å². The van der Waals surface area contributed by atoms with E-state index in [0.29, 0.717) is 13.0 Å². The minimum absolute atomic E-state index is 0.124. The maximum absolute atomic E-state index is 12.6. The van der Waals surface area contributed by atoms with Crippen LogP contribution in [0.4, 0.5) is 4.79 Å². The number of rotatable bonds is 7. The Kier molecular flexibility index (Phi) is 8.81. The Hall–Kier alpha value is -2.28. The molecule has 2 N–H and O–H groups in total. The summed E-state index contributed by atoms with van der Waals surface area (Å²) in [5.74, 6) is 0.992. The van der Waals surface area contributed by atoms with Crippen molar-refractivity contribution in [3.63, 3.8) is 0 Å². The monoisotopic (exact) mass is 416 g/mol. The first-order valence-electron chi connectivity index (χ1n) is 11.3. The minimum atomic E-state index is -0.142. The molecule has 30 heavy (non-hydrogen) atoms. The van der Waals surface area contributed by atoms with Gasteiger partial charge in [-0.3, -0.25) is 9.69 Å². The fraction of sp³-hybridized carbons (Fsp3) is 0.652. The van der Waals surface area contributed by atoms with Crippen molar-refractivity contribution in [2.24, 2.45) is 0 Å². The summed E-state index contributed by atoms with van der Waals surface area (Å²) in [6.07, 6.45) is 7.10. The molecule has 3 rings (SSSR count). The molecule has 0 radical (unpaired) electrons. The van der Waals surface area contributed by atoms with Crippen LogP contribution < -0.4 is 15.4 Å². The first-order chi connectivity index (χ1) is 14.6. The number of benzene rings is 1. The maximum Gasteiger partial charge on any atom is 0.315 e. The van der Waals surface area contributed by atoms with Crippen molar-refractivity contribution in [3.05, 3.63) is 29.8 Å². The van der Waals surface area contributed by atoms with Crippen molar-refractivity contribution < 1.29 is 14.3 Å². The number of ether oxygens (including phenoxy) is 1. The molecule has 1 saturated heterocycles. The lowest BCUT2D eigenvalue weighted by atomic mass is 9.96. The van der Waals surface area contributed by atoms with Crippen LogP contribution >= 0.6 is 0 Å².